The van der Waals surface area contributed by atoms with E-state index in [1.54, 1.807) is 34.9 Å². The van der Waals surface area contributed by atoms with Crippen molar-refractivity contribution >= 4 is 62.3 Å². The molecule has 1 aromatic carbocycles. The first-order valence-electron chi connectivity index (χ1n) is 9.76. The SMILES string of the molecule is CCC1(C)Cc2c(sc3nc(SC)n4c(SCc5ccccc5Cl)nnc4c23)CO1. The highest BCUT2D eigenvalue weighted by Crippen LogP contribution is 2.42. The van der Waals surface area contributed by atoms with Crippen LogP contribution in [0, 0.1) is 0 Å². The summed E-state index contributed by atoms with van der Waals surface area (Å²) in [5, 5.41) is 12.8. The summed E-state index contributed by atoms with van der Waals surface area (Å²) in [5.74, 6) is 0.732. The molecule has 0 radical (unpaired) electrons. The van der Waals surface area contributed by atoms with Gasteiger partial charge in [-0.25, -0.2) is 9.38 Å². The first-order valence-corrected chi connectivity index (χ1v) is 13.2. The second-order valence-electron chi connectivity index (χ2n) is 7.57. The Balaban J connectivity index is 1.62. The van der Waals surface area contributed by atoms with Crippen molar-refractivity contribution in [1.29, 1.82) is 0 Å². The van der Waals surface area contributed by atoms with Gasteiger partial charge in [0.2, 0.25) is 0 Å². The Morgan fingerprint density at radius 3 is 2.87 bits per heavy atom. The molecule has 4 aromatic rings. The number of thioether (sulfide) groups is 2. The molecule has 1 unspecified atom stereocenters. The second-order valence-corrected chi connectivity index (χ2v) is 10.8. The van der Waals surface area contributed by atoms with Gasteiger partial charge in [0.15, 0.2) is 16.0 Å². The van der Waals surface area contributed by atoms with Gasteiger partial charge in [0.1, 0.15) is 4.83 Å². The fourth-order valence-electron chi connectivity index (χ4n) is 3.73. The molecule has 9 heteroatoms. The highest BCUT2D eigenvalue weighted by atomic mass is 35.5. The number of benzene rings is 1. The number of halogens is 1. The third-order valence-corrected chi connectivity index (χ3v) is 8.75. The maximum absolute atomic E-state index is 6.34. The number of ether oxygens (including phenoxy) is 1. The third-order valence-electron chi connectivity index (χ3n) is 5.67. The topological polar surface area (TPSA) is 52.3 Å². The van der Waals surface area contributed by atoms with E-state index < -0.39 is 0 Å². The van der Waals surface area contributed by atoms with Gasteiger partial charge in [-0.3, -0.25) is 0 Å². The standard InChI is InChI=1S/C21H21ClN4OS3/c1-4-21(2)9-13-15(10-27-21)30-18-16(13)17-24-25-20(26(17)19(23-18)28-3)29-11-12-7-5-6-8-14(12)22/h5-8H,4,9-11H2,1-3H3. The van der Waals surface area contributed by atoms with Crippen molar-refractivity contribution in [3.05, 3.63) is 45.3 Å². The van der Waals surface area contributed by atoms with Crippen molar-refractivity contribution in [2.45, 2.75) is 55.0 Å². The van der Waals surface area contributed by atoms with Gasteiger partial charge in [-0.15, -0.1) is 21.5 Å². The molecule has 0 aliphatic carbocycles. The van der Waals surface area contributed by atoms with Crippen LogP contribution in [0.3, 0.4) is 0 Å². The minimum Gasteiger partial charge on any atom is -0.369 e. The van der Waals surface area contributed by atoms with Crippen LogP contribution in [-0.2, 0) is 23.5 Å². The van der Waals surface area contributed by atoms with Gasteiger partial charge in [-0.2, -0.15) is 0 Å². The minimum absolute atomic E-state index is 0.141. The van der Waals surface area contributed by atoms with E-state index in [4.69, 9.17) is 21.3 Å². The van der Waals surface area contributed by atoms with Crippen LogP contribution in [0.25, 0.3) is 15.9 Å². The number of hydrogen-bond acceptors (Lipinski definition) is 7. The van der Waals surface area contributed by atoms with E-state index in [0.717, 1.165) is 55.4 Å². The van der Waals surface area contributed by atoms with Gasteiger partial charge in [0.25, 0.3) is 0 Å². The van der Waals surface area contributed by atoms with Crippen LogP contribution in [0.4, 0.5) is 0 Å². The predicted octanol–water partition coefficient (Wildman–Crippen LogP) is 6.25. The predicted molar refractivity (Wildman–Crippen MR) is 126 cm³/mol. The van der Waals surface area contributed by atoms with E-state index in [2.05, 4.69) is 28.4 Å². The number of thiophene rings is 1. The van der Waals surface area contributed by atoms with E-state index in [1.807, 2.05) is 30.5 Å². The molecule has 0 fully saturated rings. The quantitative estimate of drug-likeness (QED) is 0.250. The van der Waals surface area contributed by atoms with Gasteiger partial charge < -0.3 is 4.74 Å². The van der Waals surface area contributed by atoms with Crippen molar-refractivity contribution in [2.75, 3.05) is 6.26 Å². The Bertz CT molecular complexity index is 1250. The molecule has 0 bridgehead atoms. The van der Waals surface area contributed by atoms with E-state index in [1.165, 1.54) is 10.4 Å². The molecule has 30 heavy (non-hydrogen) atoms. The van der Waals surface area contributed by atoms with Gasteiger partial charge in [-0.05, 0) is 36.8 Å². The Hall–Kier alpha value is -1.32. The van der Waals surface area contributed by atoms with Crippen LogP contribution in [0.5, 0.6) is 0 Å². The summed E-state index contributed by atoms with van der Waals surface area (Å²) in [7, 11) is 0. The third kappa shape index (κ3) is 3.42. The molecule has 5 rings (SSSR count). The zero-order valence-electron chi connectivity index (χ0n) is 16.9. The minimum atomic E-state index is -0.141. The summed E-state index contributed by atoms with van der Waals surface area (Å²) in [6, 6.07) is 7.92. The lowest BCUT2D eigenvalue weighted by atomic mass is 9.90. The molecule has 0 amide bonds. The monoisotopic (exact) mass is 476 g/mol. The summed E-state index contributed by atoms with van der Waals surface area (Å²) < 4.78 is 8.26. The summed E-state index contributed by atoms with van der Waals surface area (Å²) in [4.78, 5) is 7.26. The molecule has 1 atom stereocenters. The lowest BCUT2D eigenvalue weighted by Crippen LogP contribution is -2.33. The van der Waals surface area contributed by atoms with Crippen LogP contribution in [-0.4, -0.2) is 31.4 Å². The fraction of sp³-hybridized carbons (Fsp3) is 0.381. The highest BCUT2D eigenvalue weighted by molar-refractivity contribution is 7.99. The van der Waals surface area contributed by atoms with E-state index in [-0.39, 0.29) is 5.60 Å². The Morgan fingerprint density at radius 1 is 1.27 bits per heavy atom. The van der Waals surface area contributed by atoms with Gasteiger partial charge >= 0.3 is 0 Å². The van der Waals surface area contributed by atoms with Crippen LogP contribution in [0.15, 0.2) is 34.6 Å². The van der Waals surface area contributed by atoms with Crippen LogP contribution in [0.1, 0.15) is 36.3 Å². The smallest absolute Gasteiger partial charge is 0.198 e. The highest BCUT2D eigenvalue weighted by Gasteiger charge is 2.33. The van der Waals surface area contributed by atoms with Gasteiger partial charge in [-0.1, -0.05) is 60.2 Å². The van der Waals surface area contributed by atoms with Crippen LogP contribution >= 0.6 is 46.5 Å². The summed E-state index contributed by atoms with van der Waals surface area (Å²) in [5.41, 5.74) is 3.16. The first-order chi connectivity index (χ1) is 14.5. The normalized spacial score (nSPS) is 18.9. The molecule has 3 aromatic heterocycles. The van der Waals surface area contributed by atoms with Gasteiger partial charge in [0.05, 0.1) is 17.6 Å². The lowest BCUT2D eigenvalue weighted by molar-refractivity contribution is -0.0542. The second kappa shape index (κ2) is 7.98. The number of hydrogen-bond donors (Lipinski definition) is 0. The molecule has 1 aliphatic heterocycles. The van der Waals surface area contributed by atoms with E-state index in [0.29, 0.717) is 6.61 Å². The fourth-order valence-corrected chi connectivity index (χ4v) is 6.70. The zero-order valence-corrected chi connectivity index (χ0v) is 20.1. The molecule has 0 saturated carbocycles. The maximum Gasteiger partial charge on any atom is 0.198 e. The number of rotatable bonds is 5. The molecule has 156 valence electrons. The molecule has 0 saturated heterocycles. The number of fused-ring (bicyclic) bond motifs is 5. The van der Waals surface area contributed by atoms with Gasteiger partial charge in [0, 0.05) is 22.1 Å². The van der Waals surface area contributed by atoms with Crippen LogP contribution < -0.4 is 0 Å². The largest absolute Gasteiger partial charge is 0.369 e. The Labute approximate surface area is 192 Å². The molecular weight excluding hydrogens is 456 g/mol. The van der Waals surface area contributed by atoms with E-state index >= 15 is 0 Å². The zero-order chi connectivity index (χ0) is 20.9. The number of aromatic nitrogens is 4. The summed E-state index contributed by atoms with van der Waals surface area (Å²) in [6.07, 6.45) is 3.90. The van der Waals surface area contributed by atoms with Crippen molar-refractivity contribution in [3.8, 4) is 0 Å². The van der Waals surface area contributed by atoms with Crippen molar-refractivity contribution < 1.29 is 4.74 Å². The summed E-state index contributed by atoms with van der Waals surface area (Å²) in [6.45, 7) is 5.01. The molecule has 0 N–H and O–H groups in total. The lowest BCUT2D eigenvalue weighted by Gasteiger charge is -2.32. The van der Waals surface area contributed by atoms with Crippen molar-refractivity contribution in [3.63, 3.8) is 0 Å². The summed E-state index contributed by atoms with van der Waals surface area (Å²) >= 11 is 11.3. The average Bonchev–Trinajstić information content (AvgIpc) is 3.33. The number of nitrogens with zero attached hydrogens (tertiary/aromatic N) is 4. The van der Waals surface area contributed by atoms with Crippen molar-refractivity contribution in [1.82, 2.24) is 19.6 Å². The Morgan fingerprint density at radius 2 is 2.10 bits per heavy atom. The molecular formula is C21H21ClN4OS3. The van der Waals surface area contributed by atoms with E-state index in [9.17, 15) is 0 Å². The van der Waals surface area contributed by atoms with Crippen LogP contribution in [0.2, 0.25) is 5.02 Å². The maximum atomic E-state index is 6.34. The Kier molecular flexibility index (Phi) is 5.48. The van der Waals surface area contributed by atoms with Crippen molar-refractivity contribution in [2.24, 2.45) is 0 Å². The molecule has 4 heterocycles. The molecule has 1 aliphatic rings. The molecule has 5 nitrogen and oxygen atoms in total. The molecule has 0 spiro atoms. The average molecular weight is 477 g/mol. The first kappa shape index (κ1) is 20.6.